The third-order valence-electron chi connectivity index (χ3n) is 4.83. The fourth-order valence-corrected chi connectivity index (χ4v) is 3.20. The monoisotopic (exact) mass is 370 g/mol. The molecule has 1 aliphatic rings. The van der Waals surface area contributed by atoms with Crippen molar-refractivity contribution in [3.05, 3.63) is 65.0 Å². The number of aliphatic carboxylic acids is 1. The van der Waals surface area contributed by atoms with Crippen LogP contribution in [0, 0.1) is 5.82 Å². The molecule has 0 radical (unpaired) electrons. The number of halogens is 1. The van der Waals surface area contributed by atoms with Gasteiger partial charge in [-0.15, -0.1) is 0 Å². The minimum atomic E-state index is -1.71. The van der Waals surface area contributed by atoms with Crippen LogP contribution in [0.15, 0.2) is 42.5 Å². The molecule has 1 heterocycles. The maximum absolute atomic E-state index is 13.2. The topological polar surface area (TPSA) is 86.7 Å². The lowest BCUT2D eigenvalue weighted by Crippen LogP contribution is -2.49. The zero-order chi connectivity index (χ0) is 19.8. The number of hydrogen-bond acceptors (Lipinski definition) is 3. The predicted octanol–water partition coefficient (Wildman–Crippen LogP) is 2.46. The number of carbonyl (C=O) groups is 3. The van der Waals surface area contributed by atoms with Gasteiger partial charge in [0.1, 0.15) is 5.82 Å². The Hall–Kier alpha value is -3.22. The number of amides is 2. The summed E-state index contributed by atoms with van der Waals surface area (Å²) in [6, 6.07) is 9.87. The van der Waals surface area contributed by atoms with E-state index < -0.39 is 23.2 Å². The molecule has 27 heavy (non-hydrogen) atoms. The predicted molar refractivity (Wildman–Crippen MR) is 97.0 cm³/mol. The quantitative estimate of drug-likeness (QED) is 0.866. The Morgan fingerprint density at radius 3 is 2.41 bits per heavy atom. The van der Waals surface area contributed by atoms with Crippen LogP contribution in [0.3, 0.4) is 0 Å². The molecule has 0 saturated heterocycles. The number of anilines is 1. The lowest BCUT2D eigenvalue weighted by atomic mass is 9.91. The molecule has 6 nitrogen and oxygen atoms in total. The number of carboxylic acids is 1. The Labute approximate surface area is 155 Å². The summed E-state index contributed by atoms with van der Waals surface area (Å²) in [5, 5.41) is 12.2. The number of rotatable bonds is 4. The first-order valence-corrected chi connectivity index (χ1v) is 8.45. The van der Waals surface area contributed by atoms with Gasteiger partial charge in [-0.25, -0.2) is 9.18 Å². The Balaban J connectivity index is 1.88. The summed E-state index contributed by atoms with van der Waals surface area (Å²) in [7, 11) is 0. The molecule has 0 saturated carbocycles. The standard InChI is InChI=1S/C20H19FN2O4/c1-12(24)23-10-9-13-11-14(3-8-17(13)23)18(25)22-20(2,19(26)27)15-4-6-16(21)7-5-15/h3-8,11H,9-10H2,1-2H3,(H,22,25)(H,26,27). The first-order chi connectivity index (χ1) is 12.7. The van der Waals surface area contributed by atoms with Crippen LogP contribution < -0.4 is 10.2 Å². The van der Waals surface area contributed by atoms with Crippen molar-refractivity contribution in [2.45, 2.75) is 25.8 Å². The molecular formula is C20H19FN2O4. The van der Waals surface area contributed by atoms with E-state index >= 15 is 0 Å². The molecule has 3 rings (SSSR count). The molecule has 0 aliphatic carbocycles. The summed E-state index contributed by atoms with van der Waals surface area (Å²) in [4.78, 5) is 37.8. The Morgan fingerprint density at radius 1 is 1.15 bits per heavy atom. The Kier molecular flexibility index (Phi) is 4.70. The SMILES string of the molecule is CC(=O)N1CCc2cc(C(=O)NC(C)(C(=O)O)c3ccc(F)cc3)ccc21. The van der Waals surface area contributed by atoms with Crippen molar-refractivity contribution in [2.24, 2.45) is 0 Å². The van der Waals surface area contributed by atoms with Gasteiger partial charge in [0.05, 0.1) is 0 Å². The van der Waals surface area contributed by atoms with Crippen LogP contribution in [-0.2, 0) is 21.5 Å². The van der Waals surface area contributed by atoms with E-state index in [2.05, 4.69) is 5.32 Å². The average molecular weight is 370 g/mol. The maximum atomic E-state index is 13.2. The van der Waals surface area contributed by atoms with E-state index in [1.807, 2.05) is 0 Å². The number of nitrogens with zero attached hydrogens (tertiary/aromatic N) is 1. The third kappa shape index (κ3) is 3.40. The molecule has 2 N–H and O–H groups in total. The number of carbonyl (C=O) groups excluding carboxylic acids is 2. The third-order valence-corrected chi connectivity index (χ3v) is 4.83. The highest BCUT2D eigenvalue weighted by atomic mass is 19.1. The molecule has 0 aromatic heterocycles. The smallest absolute Gasteiger partial charge is 0.333 e. The summed E-state index contributed by atoms with van der Waals surface area (Å²) < 4.78 is 13.2. The lowest BCUT2D eigenvalue weighted by molar-refractivity contribution is -0.144. The molecule has 0 fully saturated rings. The van der Waals surface area contributed by atoms with Crippen molar-refractivity contribution in [3.8, 4) is 0 Å². The minimum Gasteiger partial charge on any atom is -0.479 e. The number of hydrogen-bond donors (Lipinski definition) is 2. The fourth-order valence-electron chi connectivity index (χ4n) is 3.20. The van der Waals surface area contributed by atoms with E-state index in [-0.39, 0.29) is 11.5 Å². The van der Waals surface area contributed by atoms with Gasteiger partial charge in [-0.05, 0) is 54.8 Å². The van der Waals surface area contributed by atoms with Crippen molar-refractivity contribution >= 4 is 23.5 Å². The second-order valence-corrected chi connectivity index (χ2v) is 6.66. The van der Waals surface area contributed by atoms with E-state index in [0.29, 0.717) is 18.5 Å². The molecule has 0 spiro atoms. The van der Waals surface area contributed by atoms with Crippen LogP contribution in [0.1, 0.15) is 35.3 Å². The van der Waals surface area contributed by atoms with E-state index in [0.717, 1.165) is 23.4 Å². The van der Waals surface area contributed by atoms with Gasteiger partial charge in [-0.3, -0.25) is 9.59 Å². The zero-order valence-electron chi connectivity index (χ0n) is 15.0. The Bertz CT molecular complexity index is 926. The van der Waals surface area contributed by atoms with Gasteiger partial charge in [-0.2, -0.15) is 0 Å². The second-order valence-electron chi connectivity index (χ2n) is 6.66. The highest BCUT2D eigenvalue weighted by Crippen LogP contribution is 2.29. The summed E-state index contributed by atoms with van der Waals surface area (Å²) in [5.74, 6) is -2.38. The van der Waals surface area contributed by atoms with Crippen LogP contribution in [-0.4, -0.2) is 29.4 Å². The van der Waals surface area contributed by atoms with Crippen LogP contribution in [0.5, 0.6) is 0 Å². The van der Waals surface area contributed by atoms with Gasteiger partial charge in [-0.1, -0.05) is 12.1 Å². The molecule has 7 heteroatoms. The van der Waals surface area contributed by atoms with Crippen molar-refractivity contribution < 1.29 is 23.9 Å². The molecule has 2 aromatic carbocycles. The van der Waals surface area contributed by atoms with Gasteiger partial charge in [0, 0.05) is 24.7 Å². The molecule has 2 aromatic rings. The molecule has 1 atom stereocenters. The summed E-state index contributed by atoms with van der Waals surface area (Å²) >= 11 is 0. The van der Waals surface area contributed by atoms with E-state index in [1.54, 1.807) is 23.1 Å². The van der Waals surface area contributed by atoms with Crippen molar-refractivity contribution in [3.63, 3.8) is 0 Å². The summed E-state index contributed by atoms with van der Waals surface area (Å²) in [6.45, 7) is 3.39. The van der Waals surface area contributed by atoms with Gasteiger partial charge >= 0.3 is 5.97 Å². The van der Waals surface area contributed by atoms with Crippen LogP contribution >= 0.6 is 0 Å². The van der Waals surface area contributed by atoms with Crippen molar-refractivity contribution in [1.82, 2.24) is 5.32 Å². The molecule has 2 amide bonds. The minimum absolute atomic E-state index is 0.0688. The molecule has 1 unspecified atom stereocenters. The zero-order valence-corrected chi connectivity index (χ0v) is 15.0. The van der Waals surface area contributed by atoms with Gasteiger partial charge < -0.3 is 15.3 Å². The van der Waals surface area contributed by atoms with E-state index in [9.17, 15) is 23.9 Å². The highest BCUT2D eigenvalue weighted by molar-refractivity contribution is 6.00. The van der Waals surface area contributed by atoms with E-state index in [1.165, 1.54) is 26.0 Å². The second kappa shape index (κ2) is 6.83. The van der Waals surface area contributed by atoms with Crippen LogP contribution in [0.25, 0.3) is 0 Å². The van der Waals surface area contributed by atoms with Gasteiger partial charge in [0.2, 0.25) is 5.91 Å². The Morgan fingerprint density at radius 2 is 1.81 bits per heavy atom. The number of fused-ring (bicyclic) bond motifs is 1. The fraction of sp³-hybridized carbons (Fsp3) is 0.250. The van der Waals surface area contributed by atoms with E-state index in [4.69, 9.17) is 0 Å². The van der Waals surface area contributed by atoms with Crippen LogP contribution in [0.4, 0.5) is 10.1 Å². The first kappa shape index (κ1) is 18.6. The average Bonchev–Trinajstić information content (AvgIpc) is 3.05. The summed E-state index contributed by atoms with van der Waals surface area (Å²) in [5.41, 5.74) is 0.465. The maximum Gasteiger partial charge on any atom is 0.333 e. The lowest BCUT2D eigenvalue weighted by Gasteiger charge is -2.27. The van der Waals surface area contributed by atoms with Crippen molar-refractivity contribution in [2.75, 3.05) is 11.4 Å². The van der Waals surface area contributed by atoms with Gasteiger partial charge in [0.25, 0.3) is 5.91 Å². The number of nitrogens with one attached hydrogen (secondary N) is 1. The molecular weight excluding hydrogens is 351 g/mol. The highest BCUT2D eigenvalue weighted by Gasteiger charge is 2.37. The molecule has 140 valence electrons. The summed E-state index contributed by atoms with van der Waals surface area (Å²) in [6.07, 6.45) is 0.629. The van der Waals surface area contributed by atoms with Gasteiger partial charge in [0.15, 0.2) is 5.54 Å². The largest absolute Gasteiger partial charge is 0.479 e. The molecule has 0 bridgehead atoms. The normalized spacial score (nSPS) is 15.0. The first-order valence-electron chi connectivity index (χ1n) is 8.45. The van der Waals surface area contributed by atoms with Crippen molar-refractivity contribution in [1.29, 1.82) is 0 Å². The number of benzene rings is 2. The van der Waals surface area contributed by atoms with Crippen LogP contribution in [0.2, 0.25) is 0 Å². The molecule has 1 aliphatic heterocycles. The number of carboxylic acid groups (broad SMARTS) is 1.